The third-order valence-corrected chi connectivity index (χ3v) is 8.31. The first-order chi connectivity index (χ1) is 14.9. The van der Waals surface area contributed by atoms with Crippen LogP contribution >= 0.6 is 0 Å². The van der Waals surface area contributed by atoms with E-state index in [0.717, 1.165) is 12.0 Å². The molecule has 0 unspecified atom stereocenters. The first-order valence-corrected chi connectivity index (χ1v) is 12.4. The highest BCUT2D eigenvalue weighted by molar-refractivity contribution is 7.89. The molecule has 2 aromatic heterocycles. The lowest BCUT2D eigenvalue weighted by molar-refractivity contribution is -0.132. The van der Waals surface area contributed by atoms with Gasteiger partial charge < -0.3 is 4.90 Å². The number of aromatic nitrogens is 3. The minimum atomic E-state index is -3.71. The van der Waals surface area contributed by atoms with Gasteiger partial charge in [0.05, 0.1) is 11.9 Å². The summed E-state index contributed by atoms with van der Waals surface area (Å²) in [6.45, 7) is 3.12. The van der Waals surface area contributed by atoms with Crippen molar-refractivity contribution in [2.24, 2.45) is 5.92 Å². The molecular formula is C22H29N5O3S. The third-order valence-electron chi connectivity index (χ3n) is 6.30. The normalized spacial score (nSPS) is 18.4. The summed E-state index contributed by atoms with van der Waals surface area (Å²) in [6.07, 6.45) is 11.2. The quantitative estimate of drug-likeness (QED) is 0.681. The van der Waals surface area contributed by atoms with Crippen LogP contribution in [0, 0.1) is 12.8 Å². The van der Waals surface area contributed by atoms with Crippen LogP contribution in [-0.2, 0) is 14.8 Å². The monoisotopic (exact) mass is 443 g/mol. The lowest BCUT2D eigenvalue weighted by atomic mass is 10.0. The van der Waals surface area contributed by atoms with Gasteiger partial charge in [0.25, 0.3) is 0 Å². The Morgan fingerprint density at radius 2 is 1.87 bits per heavy atom. The third kappa shape index (κ3) is 4.93. The second-order valence-corrected chi connectivity index (χ2v) is 10.3. The number of pyridine rings is 1. The van der Waals surface area contributed by atoms with E-state index in [1.54, 1.807) is 30.3 Å². The molecule has 2 aromatic rings. The summed E-state index contributed by atoms with van der Waals surface area (Å²) in [5.41, 5.74) is 1.14. The summed E-state index contributed by atoms with van der Waals surface area (Å²) in [6, 6.07) is 3.62. The number of nitrogens with zero attached hydrogens (tertiary/aromatic N) is 5. The lowest BCUT2D eigenvalue weighted by Crippen LogP contribution is -2.50. The maximum Gasteiger partial charge on any atom is 0.246 e. The van der Waals surface area contributed by atoms with Crippen LogP contribution in [0.2, 0.25) is 0 Å². The van der Waals surface area contributed by atoms with E-state index < -0.39 is 10.0 Å². The Morgan fingerprint density at radius 3 is 2.52 bits per heavy atom. The average Bonchev–Trinajstić information content (AvgIpc) is 3.31. The molecule has 0 N–H and O–H groups in total. The predicted octanol–water partition coefficient (Wildman–Crippen LogP) is 2.65. The number of amides is 1. The molecule has 166 valence electrons. The van der Waals surface area contributed by atoms with E-state index in [2.05, 4.69) is 15.0 Å². The van der Waals surface area contributed by atoms with E-state index in [9.17, 15) is 13.2 Å². The summed E-state index contributed by atoms with van der Waals surface area (Å²) >= 11 is 0. The van der Waals surface area contributed by atoms with Crippen molar-refractivity contribution in [3.05, 3.63) is 36.4 Å². The van der Waals surface area contributed by atoms with Crippen LogP contribution in [0.5, 0.6) is 0 Å². The van der Waals surface area contributed by atoms with Crippen LogP contribution in [0.3, 0.4) is 0 Å². The van der Waals surface area contributed by atoms with E-state index in [-0.39, 0.29) is 10.8 Å². The van der Waals surface area contributed by atoms with Gasteiger partial charge in [0.2, 0.25) is 15.9 Å². The van der Waals surface area contributed by atoms with Crippen LogP contribution in [0.15, 0.2) is 35.6 Å². The molecule has 0 atom stereocenters. The SMILES string of the molecule is Cc1nc(-c2cccnc2)ncc1S(=O)(=O)N1CCN(C(=O)CCC2CCCC2)CC1. The summed E-state index contributed by atoms with van der Waals surface area (Å²) < 4.78 is 27.8. The summed E-state index contributed by atoms with van der Waals surface area (Å²) in [7, 11) is -3.71. The van der Waals surface area contributed by atoms with Gasteiger partial charge in [-0.3, -0.25) is 9.78 Å². The lowest BCUT2D eigenvalue weighted by Gasteiger charge is -2.34. The van der Waals surface area contributed by atoms with Gasteiger partial charge in [-0.05, 0) is 31.4 Å². The van der Waals surface area contributed by atoms with Crippen LogP contribution < -0.4 is 0 Å². The number of sulfonamides is 1. The molecular weight excluding hydrogens is 414 g/mol. The Labute approximate surface area is 183 Å². The van der Waals surface area contributed by atoms with Crippen LogP contribution in [-0.4, -0.2) is 64.7 Å². The Kier molecular flexibility index (Phi) is 6.62. The fourth-order valence-electron chi connectivity index (χ4n) is 4.45. The van der Waals surface area contributed by atoms with Gasteiger partial charge in [-0.25, -0.2) is 18.4 Å². The van der Waals surface area contributed by atoms with Gasteiger partial charge in [0, 0.05) is 50.6 Å². The Hall–Kier alpha value is -2.39. The number of rotatable bonds is 6. The standard InChI is InChI=1S/C22H29N5O3S/c1-17-20(16-24-22(25-17)19-7-4-10-23-15-19)31(29,30)27-13-11-26(12-14-27)21(28)9-8-18-5-2-3-6-18/h4,7,10,15-16,18H,2-3,5-6,8-9,11-14H2,1H3. The minimum Gasteiger partial charge on any atom is -0.340 e. The molecule has 8 nitrogen and oxygen atoms in total. The molecule has 1 saturated carbocycles. The maximum absolute atomic E-state index is 13.2. The first-order valence-electron chi connectivity index (χ1n) is 11.0. The Morgan fingerprint density at radius 1 is 1.13 bits per heavy atom. The van der Waals surface area contributed by atoms with Crippen molar-refractivity contribution >= 4 is 15.9 Å². The zero-order valence-electron chi connectivity index (χ0n) is 17.9. The van der Waals surface area contributed by atoms with E-state index in [4.69, 9.17) is 0 Å². The minimum absolute atomic E-state index is 0.112. The Balaban J connectivity index is 1.38. The zero-order valence-corrected chi connectivity index (χ0v) is 18.7. The molecule has 1 aliphatic heterocycles. The molecule has 31 heavy (non-hydrogen) atoms. The number of hydrogen-bond acceptors (Lipinski definition) is 6. The molecule has 1 aliphatic carbocycles. The van der Waals surface area contributed by atoms with Gasteiger partial charge in [0.1, 0.15) is 4.90 Å². The van der Waals surface area contributed by atoms with Crippen LogP contribution in [0.1, 0.15) is 44.2 Å². The van der Waals surface area contributed by atoms with Crippen LogP contribution in [0.25, 0.3) is 11.4 Å². The van der Waals surface area contributed by atoms with Gasteiger partial charge in [-0.1, -0.05) is 25.7 Å². The van der Waals surface area contributed by atoms with Crippen LogP contribution in [0.4, 0.5) is 0 Å². The molecule has 2 fully saturated rings. The number of aryl methyl sites for hydroxylation is 1. The summed E-state index contributed by atoms with van der Waals surface area (Å²) in [4.78, 5) is 27.2. The zero-order chi connectivity index (χ0) is 21.8. The largest absolute Gasteiger partial charge is 0.340 e. The van der Waals surface area contributed by atoms with Crippen molar-refractivity contribution in [1.82, 2.24) is 24.2 Å². The highest BCUT2D eigenvalue weighted by Gasteiger charge is 2.32. The summed E-state index contributed by atoms with van der Waals surface area (Å²) in [5, 5.41) is 0. The molecule has 1 amide bonds. The maximum atomic E-state index is 13.2. The highest BCUT2D eigenvalue weighted by atomic mass is 32.2. The molecule has 0 bridgehead atoms. The van der Waals surface area contributed by atoms with E-state index in [0.29, 0.717) is 50.0 Å². The van der Waals surface area contributed by atoms with Gasteiger partial charge in [-0.2, -0.15) is 4.31 Å². The molecule has 9 heteroatoms. The smallest absolute Gasteiger partial charge is 0.246 e. The molecule has 3 heterocycles. The average molecular weight is 444 g/mol. The number of hydrogen-bond donors (Lipinski definition) is 0. The van der Waals surface area contributed by atoms with Crippen molar-refractivity contribution in [1.29, 1.82) is 0 Å². The fourth-order valence-corrected chi connectivity index (χ4v) is 5.97. The number of carbonyl (C=O) groups excluding carboxylic acids is 1. The molecule has 0 spiro atoms. The molecule has 4 rings (SSSR count). The fraction of sp³-hybridized carbons (Fsp3) is 0.545. The number of piperazine rings is 1. The highest BCUT2D eigenvalue weighted by Crippen LogP contribution is 2.29. The van der Waals surface area contributed by atoms with Gasteiger partial charge in [0.15, 0.2) is 5.82 Å². The van der Waals surface area contributed by atoms with E-state index in [1.165, 1.54) is 36.2 Å². The van der Waals surface area contributed by atoms with Crippen molar-refractivity contribution in [3.63, 3.8) is 0 Å². The van der Waals surface area contributed by atoms with Gasteiger partial charge >= 0.3 is 0 Å². The first kappa shape index (κ1) is 21.8. The predicted molar refractivity (Wildman–Crippen MR) is 117 cm³/mol. The molecule has 1 saturated heterocycles. The molecule has 2 aliphatic rings. The van der Waals surface area contributed by atoms with Crippen molar-refractivity contribution in [2.45, 2.75) is 50.3 Å². The van der Waals surface area contributed by atoms with E-state index in [1.807, 2.05) is 6.07 Å². The van der Waals surface area contributed by atoms with Crippen molar-refractivity contribution < 1.29 is 13.2 Å². The summed E-state index contributed by atoms with van der Waals surface area (Å²) in [5.74, 6) is 1.27. The molecule has 0 radical (unpaired) electrons. The Bertz CT molecular complexity index is 1010. The second kappa shape index (κ2) is 9.40. The second-order valence-electron chi connectivity index (χ2n) is 8.36. The van der Waals surface area contributed by atoms with Gasteiger partial charge in [-0.15, -0.1) is 0 Å². The van der Waals surface area contributed by atoms with Crippen molar-refractivity contribution in [3.8, 4) is 11.4 Å². The number of carbonyl (C=O) groups is 1. The van der Waals surface area contributed by atoms with E-state index >= 15 is 0 Å². The topological polar surface area (TPSA) is 96.4 Å². The molecule has 0 aromatic carbocycles. The van der Waals surface area contributed by atoms with Crippen molar-refractivity contribution in [2.75, 3.05) is 26.2 Å².